The van der Waals surface area contributed by atoms with E-state index in [0.29, 0.717) is 17.2 Å². The number of rotatable bonds is 31. The van der Waals surface area contributed by atoms with Crippen LogP contribution in [0.3, 0.4) is 0 Å². The van der Waals surface area contributed by atoms with E-state index in [0.717, 1.165) is 38.5 Å². The standard InChI is InChI=1S/C45H74O6P2/c1-4-7-10-13-16-19-22-25-40-28-34-43(35-29-40)49-53(52(46,47)48,50-44-36-30-41(31-37-44)26-23-20-17-14-11-8-5-2)51-45-38-32-42(33-39-45)27-24-21-18-15-12-9-6-3/h28-39,46-48,52-53H,4-27H2,1-3H3. The van der Waals surface area contributed by atoms with E-state index in [2.05, 4.69) is 20.8 Å². The van der Waals surface area contributed by atoms with Crippen molar-refractivity contribution in [3.8, 4) is 17.2 Å². The number of benzene rings is 3. The first kappa shape index (κ1) is 45.2. The zero-order valence-corrected chi connectivity index (χ0v) is 35.5. The molecule has 0 aromatic heterocycles. The van der Waals surface area contributed by atoms with Gasteiger partial charge in [-0.3, -0.25) is 0 Å². The third-order valence-corrected chi connectivity index (χ3v) is 15.9. The van der Waals surface area contributed by atoms with Gasteiger partial charge in [-0.15, -0.1) is 0 Å². The van der Waals surface area contributed by atoms with Gasteiger partial charge in [0.15, 0.2) is 0 Å². The second-order valence-corrected chi connectivity index (χ2v) is 21.9. The summed E-state index contributed by atoms with van der Waals surface area (Å²) in [5.74, 6) is 1.08. The summed E-state index contributed by atoms with van der Waals surface area (Å²) in [5, 5.41) is 0. The predicted octanol–water partition coefficient (Wildman–Crippen LogP) is 14.0. The summed E-state index contributed by atoms with van der Waals surface area (Å²) in [6.45, 7) is 6.73. The molecule has 0 fully saturated rings. The van der Waals surface area contributed by atoms with E-state index in [-0.39, 0.29) is 0 Å². The van der Waals surface area contributed by atoms with Crippen LogP contribution in [0.4, 0.5) is 0 Å². The quantitative estimate of drug-likeness (QED) is 0.0446. The van der Waals surface area contributed by atoms with E-state index in [1.54, 1.807) is 0 Å². The Morgan fingerprint density at radius 1 is 0.340 bits per heavy atom. The van der Waals surface area contributed by atoms with Crippen molar-refractivity contribution in [2.24, 2.45) is 0 Å². The van der Waals surface area contributed by atoms with Crippen LogP contribution in [0.2, 0.25) is 0 Å². The molecule has 0 atom stereocenters. The van der Waals surface area contributed by atoms with Crippen molar-refractivity contribution in [3.63, 3.8) is 0 Å². The maximum absolute atomic E-state index is 11.1. The van der Waals surface area contributed by atoms with Crippen molar-refractivity contribution in [2.75, 3.05) is 0 Å². The Labute approximate surface area is 324 Å². The van der Waals surface area contributed by atoms with Gasteiger partial charge in [-0.25, -0.2) is 0 Å². The first-order valence-corrected chi connectivity index (χ1v) is 25.9. The molecule has 6 nitrogen and oxygen atoms in total. The van der Waals surface area contributed by atoms with E-state index >= 15 is 0 Å². The number of unbranched alkanes of at least 4 members (excludes halogenated alkanes) is 18. The van der Waals surface area contributed by atoms with Gasteiger partial charge in [0.2, 0.25) is 0 Å². The van der Waals surface area contributed by atoms with Crippen LogP contribution in [-0.4, -0.2) is 14.7 Å². The Hall–Kier alpha value is -2.20. The van der Waals surface area contributed by atoms with E-state index < -0.39 is 15.3 Å². The molecule has 3 aromatic rings. The monoisotopic (exact) mass is 772 g/mol. The van der Waals surface area contributed by atoms with E-state index in [9.17, 15) is 14.7 Å². The molecule has 0 radical (unpaired) electrons. The molecule has 0 bridgehead atoms. The van der Waals surface area contributed by atoms with Crippen LogP contribution >= 0.6 is 15.3 Å². The Morgan fingerprint density at radius 3 is 0.792 bits per heavy atom. The van der Waals surface area contributed by atoms with Gasteiger partial charge < -0.3 is 0 Å². The molecular weight excluding hydrogens is 698 g/mol. The van der Waals surface area contributed by atoms with Gasteiger partial charge in [-0.2, -0.15) is 0 Å². The van der Waals surface area contributed by atoms with Crippen LogP contribution in [0.5, 0.6) is 17.2 Å². The predicted molar refractivity (Wildman–Crippen MR) is 230 cm³/mol. The molecule has 3 rings (SSSR count). The van der Waals surface area contributed by atoms with Gasteiger partial charge >= 0.3 is 285 Å². The van der Waals surface area contributed by atoms with Crippen LogP contribution in [0.25, 0.3) is 0 Å². The topological polar surface area (TPSA) is 88.4 Å². The molecule has 8 heteroatoms. The molecule has 0 saturated heterocycles. The van der Waals surface area contributed by atoms with Crippen LogP contribution in [0.15, 0.2) is 72.8 Å². The van der Waals surface area contributed by atoms with Gasteiger partial charge in [-0.05, 0) is 0 Å². The Bertz CT molecular complexity index is 1170. The summed E-state index contributed by atoms with van der Waals surface area (Å²) in [6, 6.07) is 22.8. The van der Waals surface area contributed by atoms with E-state index in [1.165, 1.54) is 132 Å². The van der Waals surface area contributed by atoms with E-state index in [1.807, 2.05) is 72.8 Å². The van der Waals surface area contributed by atoms with Gasteiger partial charge in [0.25, 0.3) is 0 Å². The fourth-order valence-electron chi connectivity index (χ4n) is 6.76. The molecule has 0 aliphatic heterocycles. The number of aryl methyl sites for hydroxylation is 3. The van der Waals surface area contributed by atoms with Gasteiger partial charge in [0.1, 0.15) is 0 Å². The van der Waals surface area contributed by atoms with E-state index in [4.69, 9.17) is 13.6 Å². The average Bonchev–Trinajstić information content (AvgIpc) is 3.15. The average molecular weight is 773 g/mol. The second kappa shape index (κ2) is 26.6. The summed E-state index contributed by atoms with van der Waals surface area (Å²) in [6.07, 6.45) is 29.3. The number of hydrogen-bond acceptors (Lipinski definition) is 6. The summed E-state index contributed by atoms with van der Waals surface area (Å²) in [5.41, 5.74) is 3.57. The first-order valence-electron chi connectivity index (χ1n) is 21.3. The molecule has 3 aromatic carbocycles. The SMILES string of the molecule is CCCCCCCCCc1ccc(O[PH](Oc2ccc(CCCCCCCCC)cc2)(Oc2ccc(CCCCCCCCC)cc2)[PH](O)(O)O)cc1. The number of hydrogen-bond donors (Lipinski definition) is 3. The van der Waals surface area contributed by atoms with Crippen molar-refractivity contribution < 1.29 is 28.3 Å². The van der Waals surface area contributed by atoms with Crippen molar-refractivity contribution in [3.05, 3.63) is 89.5 Å². The zero-order chi connectivity index (χ0) is 38.0. The molecule has 0 aliphatic rings. The molecule has 0 unspecified atom stereocenters. The van der Waals surface area contributed by atoms with Crippen molar-refractivity contribution in [1.29, 1.82) is 0 Å². The fraction of sp³-hybridized carbons (Fsp3) is 0.600. The van der Waals surface area contributed by atoms with Crippen molar-refractivity contribution >= 4 is 15.3 Å². The van der Waals surface area contributed by atoms with Crippen LogP contribution in [0.1, 0.15) is 172 Å². The zero-order valence-electron chi connectivity index (χ0n) is 33.5. The maximum atomic E-state index is 11.1. The molecular formula is C45H74O6P2. The normalized spacial score (nSPS) is 12.5. The third kappa shape index (κ3) is 18.3. The van der Waals surface area contributed by atoms with Gasteiger partial charge in [0, 0.05) is 0 Å². The molecule has 0 aliphatic carbocycles. The van der Waals surface area contributed by atoms with Gasteiger partial charge in [0.05, 0.1) is 0 Å². The Kier molecular flexibility index (Phi) is 22.7. The van der Waals surface area contributed by atoms with Crippen molar-refractivity contribution in [2.45, 2.75) is 175 Å². The fourth-order valence-corrected chi connectivity index (χ4v) is 10.9. The first-order chi connectivity index (χ1) is 25.8. The van der Waals surface area contributed by atoms with Crippen LogP contribution in [-0.2, 0) is 19.3 Å². The molecule has 0 saturated carbocycles. The molecule has 0 heterocycles. The molecule has 0 spiro atoms. The molecule has 3 N–H and O–H groups in total. The van der Waals surface area contributed by atoms with Crippen LogP contribution in [0, 0.1) is 0 Å². The molecule has 0 amide bonds. The minimum absolute atomic E-state index is 0.361. The second-order valence-electron chi connectivity index (χ2n) is 15.0. The summed E-state index contributed by atoms with van der Waals surface area (Å²) in [7, 11) is -9.78. The summed E-state index contributed by atoms with van der Waals surface area (Å²) < 4.78 is 18.9. The Morgan fingerprint density at radius 2 is 0.566 bits per heavy atom. The minimum atomic E-state index is -5.17. The van der Waals surface area contributed by atoms with Crippen molar-refractivity contribution in [1.82, 2.24) is 0 Å². The van der Waals surface area contributed by atoms with Gasteiger partial charge in [-0.1, -0.05) is 40.0 Å². The Balaban J connectivity index is 1.71. The summed E-state index contributed by atoms with van der Waals surface area (Å²) in [4.78, 5) is 33.2. The molecule has 53 heavy (non-hydrogen) atoms. The third-order valence-electron chi connectivity index (χ3n) is 10.1. The molecule has 300 valence electrons. The van der Waals surface area contributed by atoms with Crippen LogP contribution < -0.4 is 13.6 Å². The summed E-state index contributed by atoms with van der Waals surface area (Å²) >= 11 is 0.